The number of nitrogens with zero attached hydrogens (tertiary/aromatic N) is 1. The van der Waals surface area contributed by atoms with Crippen molar-refractivity contribution in [1.82, 2.24) is 4.90 Å². The lowest BCUT2D eigenvalue weighted by Crippen LogP contribution is -2.43. The van der Waals surface area contributed by atoms with Crippen molar-refractivity contribution in [3.8, 4) is 0 Å². The first-order chi connectivity index (χ1) is 6.72. The first-order valence-electron chi connectivity index (χ1n) is 4.78. The lowest BCUT2D eigenvalue weighted by molar-refractivity contribution is -0.151. The van der Waals surface area contributed by atoms with Gasteiger partial charge in [-0.25, -0.2) is 5.11 Å². The summed E-state index contributed by atoms with van der Waals surface area (Å²) in [6.45, 7) is 4.44. The molecule has 1 atom stereocenters. The van der Waals surface area contributed by atoms with Crippen molar-refractivity contribution in [3.63, 3.8) is 0 Å². The van der Waals surface area contributed by atoms with Gasteiger partial charge in [-0.2, -0.15) is 0 Å². The molecule has 5 heteroatoms. The molecule has 0 N–H and O–H groups in total. The fourth-order valence-corrected chi connectivity index (χ4v) is 1.43. The Bertz CT molecular complexity index is 180. The number of ether oxygens (including phenoxy) is 2. The summed E-state index contributed by atoms with van der Waals surface area (Å²) in [7, 11) is 0. The van der Waals surface area contributed by atoms with E-state index in [1.54, 1.807) is 0 Å². The molecule has 1 saturated heterocycles. The van der Waals surface area contributed by atoms with Gasteiger partial charge in [-0.15, -0.1) is 0 Å². The highest BCUT2D eigenvalue weighted by atomic mass is 16.6. The lowest BCUT2D eigenvalue weighted by atomic mass is 10.3. The maximum atomic E-state index is 10.7. The molecule has 1 aliphatic heterocycles. The van der Waals surface area contributed by atoms with E-state index in [1.165, 1.54) is 6.92 Å². The van der Waals surface area contributed by atoms with E-state index in [0.717, 1.165) is 13.1 Å². The highest BCUT2D eigenvalue weighted by Gasteiger charge is 2.18. The summed E-state index contributed by atoms with van der Waals surface area (Å²) in [6, 6.07) is 0. The van der Waals surface area contributed by atoms with Crippen molar-refractivity contribution in [2.45, 2.75) is 13.0 Å². The molecule has 0 saturated carbocycles. The average Bonchev–Trinajstić information content (AvgIpc) is 2.17. The summed E-state index contributed by atoms with van der Waals surface area (Å²) in [5, 5.41) is 10.7. The van der Waals surface area contributed by atoms with Gasteiger partial charge in [0.1, 0.15) is 12.7 Å². The van der Waals surface area contributed by atoms with Crippen LogP contribution in [0.15, 0.2) is 0 Å². The van der Waals surface area contributed by atoms with Gasteiger partial charge in [0.15, 0.2) is 0 Å². The van der Waals surface area contributed by atoms with Crippen LogP contribution < -0.4 is 0 Å². The SMILES string of the molecule is CC(=O)OC(C[O])CN1CCOCC1. The van der Waals surface area contributed by atoms with Gasteiger partial charge in [-0.05, 0) is 0 Å². The summed E-state index contributed by atoms with van der Waals surface area (Å²) < 4.78 is 10.0. The van der Waals surface area contributed by atoms with Crippen LogP contribution in [0.4, 0.5) is 0 Å². The van der Waals surface area contributed by atoms with E-state index in [2.05, 4.69) is 4.90 Å². The monoisotopic (exact) mass is 202 g/mol. The minimum Gasteiger partial charge on any atom is -0.459 e. The standard InChI is InChI=1S/C9H16NO4/c1-8(12)14-9(7-11)6-10-2-4-13-5-3-10/h9H,2-7H2,1H3. The summed E-state index contributed by atoms with van der Waals surface area (Å²) in [6.07, 6.45) is -0.523. The van der Waals surface area contributed by atoms with Crippen LogP contribution in [0.1, 0.15) is 6.92 Å². The molecule has 1 radical (unpaired) electrons. The number of carbonyl (C=O) groups excluding carboxylic acids is 1. The predicted octanol–water partition coefficient (Wildman–Crippen LogP) is -0.319. The van der Waals surface area contributed by atoms with Crippen LogP contribution in [0.5, 0.6) is 0 Å². The second-order valence-corrected chi connectivity index (χ2v) is 3.31. The lowest BCUT2D eigenvalue weighted by Gasteiger charge is -2.29. The number of rotatable bonds is 4. The highest BCUT2D eigenvalue weighted by molar-refractivity contribution is 5.66. The zero-order valence-electron chi connectivity index (χ0n) is 8.40. The van der Waals surface area contributed by atoms with Crippen molar-refractivity contribution in [3.05, 3.63) is 0 Å². The highest BCUT2D eigenvalue weighted by Crippen LogP contribution is 2.01. The van der Waals surface area contributed by atoms with Crippen LogP contribution in [0.3, 0.4) is 0 Å². The predicted molar refractivity (Wildman–Crippen MR) is 48.4 cm³/mol. The van der Waals surface area contributed by atoms with E-state index >= 15 is 0 Å². The van der Waals surface area contributed by atoms with Crippen molar-refractivity contribution in [1.29, 1.82) is 0 Å². The van der Waals surface area contributed by atoms with Gasteiger partial charge in [0.25, 0.3) is 0 Å². The molecule has 1 heterocycles. The Balaban J connectivity index is 2.27. The van der Waals surface area contributed by atoms with Crippen molar-refractivity contribution >= 4 is 5.97 Å². The molecule has 1 unspecified atom stereocenters. The third-order valence-corrected chi connectivity index (χ3v) is 2.08. The molecule has 0 aromatic rings. The summed E-state index contributed by atoms with van der Waals surface area (Å²) in [5.41, 5.74) is 0. The topological polar surface area (TPSA) is 58.7 Å². The Morgan fingerprint density at radius 2 is 2.14 bits per heavy atom. The molecule has 1 fully saturated rings. The van der Waals surface area contributed by atoms with E-state index in [-0.39, 0.29) is 12.6 Å². The van der Waals surface area contributed by atoms with Crippen molar-refractivity contribution in [2.75, 3.05) is 39.5 Å². The summed E-state index contributed by atoms with van der Waals surface area (Å²) >= 11 is 0. The van der Waals surface area contributed by atoms with E-state index in [9.17, 15) is 9.90 Å². The largest absolute Gasteiger partial charge is 0.459 e. The molecule has 5 nitrogen and oxygen atoms in total. The Hall–Kier alpha value is -0.650. The van der Waals surface area contributed by atoms with Crippen LogP contribution in [-0.2, 0) is 19.4 Å². The van der Waals surface area contributed by atoms with E-state index in [0.29, 0.717) is 19.8 Å². The Morgan fingerprint density at radius 1 is 1.50 bits per heavy atom. The Labute approximate surface area is 83.6 Å². The summed E-state index contributed by atoms with van der Waals surface area (Å²) in [4.78, 5) is 12.7. The zero-order valence-corrected chi connectivity index (χ0v) is 8.40. The van der Waals surface area contributed by atoms with Crippen molar-refractivity contribution < 1.29 is 19.4 Å². The fraction of sp³-hybridized carbons (Fsp3) is 0.889. The van der Waals surface area contributed by atoms with Crippen LogP contribution in [-0.4, -0.2) is 56.4 Å². The molecule has 81 valence electrons. The quantitative estimate of drug-likeness (QED) is 0.586. The number of esters is 1. The molecule has 1 aliphatic rings. The van der Waals surface area contributed by atoms with E-state index in [1.807, 2.05) is 0 Å². The number of hydrogen-bond donors (Lipinski definition) is 0. The Kier molecular flexibility index (Phi) is 4.86. The third kappa shape index (κ3) is 4.04. The second kappa shape index (κ2) is 5.95. The second-order valence-electron chi connectivity index (χ2n) is 3.31. The average molecular weight is 202 g/mol. The molecular formula is C9H16NO4. The van der Waals surface area contributed by atoms with E-state index in [4.69, 9.17) is 9.47 Å². The number of carbonyl (C=O) groups is 1. The van der Waals surface area contributed by atoms with E-state index < -0.39 is 6.10 Å². The van der Waals surface area contributed by atoms with Crippen LogP contribution >= 0.6 is 0 Å². The number of hydrogen-bond acceptors (Lipinski definition) is 4. The minimum absolute atomic E-state index is 0.378. The van der Waals surface area contributed by atoms with Crippen LogP contribution in [0.25, 0.3) is 0 Å². The molecular weight excluding hydrogens is 186 g/mol. The van der Waals surface area contributed by atoms with Crippen LogP contribution in [0.2, 0.25) is 0 Å². The molecule has 14 heavy (non-hydrogen) atoms. The van der Waals surface area contributed by atoms with Crippen molar-refractivity contribution in [2.24, 2.45) is 0 Å². The maximum Gasteiger partial charge on any atom is 0.303 e. The molecule has 0 aromatic carbocycles. The van der Waals surface area contributed by atoms with Gasteiger partial charge < -0.3 is 9.47 Å². The fourth-order valence-electron chi connectivity index (χ4n) is 1.43. The molecule has 1 rings (SSSR count). The van der Waals surface area contributed by atoms with Gasteiger partial charge >= 0.3 is 5.97 Å². The van der Waals surface area contributed by atoms with Gasteiger partial charge in [-0.3, -0.25) is 9.69 Å². The first-order valence-corrected chi connectivity index (χ1v) is 4.78. The molecule has 0 aromatic heterocycles. The Morgan fingerprint density at radius 3 is 2.64 bits per heavy atom. The normalized spacial score (nSPS) is 20.4. The third-order valence-electron chi connectivity index (χ3n) is 2.08. The molecule has 0 aliphatic carbocycles. The first kappa shape index (κ1) is 11.4. The van der Waals surface area contributed by atoms with Gasteiger partial charge in [0.05, 0.1) is 13.2 Å². The number of morpholine rings is 1. The van der Waals surface area contributed by atoms with Gasteiger partial charge in [0, 0.05) is 26.6 Å². The zero-order chi connectivity index (χ0) is 10.4. The molecule has 0 spiro atoms. The molecule has 0 bridgehead atoms. The van der Waals surface area contributed by atoms with Gasteiger partial charge in [0.2, 0.25) is 0 Å². The minimum atomic E-state index is -0.523. The molecule has 0 amide bonds. The van der Waals surface area contributed by atoms with Gasteiger partial charge in [-0.1, -0.05) is 0 Å². The van der Waals surface area contributed by atoms with Crippen LogP contribution in [0, 0.1) is 0 Å². The smallest absolute Gasteiger partial charge is 0.303 e. The maximum absolute atomic E-state index is 10.7. The summed E-state index contributed by atoms with van der Waals surface area (Å²) in [5.74, 6) is -0.390.